The van der Waals surface area contributed by atoms with Gasteiger partial charge in [0.1, 0.15) is 0 Å². The van der Waals surface area contributed by atoms with Crippen LogP contribution in [0, 0.1) is 26.7 Å². The van der Waals surface area contributed by atoms with Gasteiger partial charge in [0.15, 0.2) is 0 Å². The molecule has 0 spiro atoms. The molecule has 1 atom stereocenters. The summed E-state index contributed by atoms with van der Waals surface area (Å²) in [7, 11) is 0. The molecule has 1 heteroatoms. The first-order valence-corrected chi connectivity index (χ1v) is 7.73. The van der Waals surface area contributed by atoms with Crippen LogP contribution in [0.3, 0.4) is 0 Å². The van der Waals surface area contributed by atoms with Crippen LogP contribution in [0.2, 0.25) is 0 Å². The molecule has 0 nitrogen and oxygen atoms in total. The molecular weight excluding hydrogens is 272 g/mol. The SMILES string of the molecule is Cc1cc(C)c(C(Br)C2CCCCC2)c(C)c1. The fourth-order valence-corrected chi connectivity index (χ4v) is 4.54. The molecule has 1 aliphatic rings. The van der Waals surface area contributed by atoms with E-state index in [1.54, 1.807) is 5.56 Å². The van der Waals surface area contributed by atoms with E-state index >= 15 is 0 Å². The first-order chi connectivity index (χ1) is 8.09. The number of rotatable bonds is 2. The van der Waals surface area contributed by atoms with Gasteiger partial charge in [0, 0.05) is 4.83 Å². The average molecular weight is 295 g/mol. The van der Waals surface area contributed by atoms with Crippen molar-refractivity contribution in [2.45, 2.75) is 57.7 Å². The van der Waals surface area contributed by atoms with E-state index in [0.29, 0.717) is 4.83 Å². The Labute approximate surface area is 114 Å². The third-order valence-electron chi connectivity index (χ3n) is 4.08. The van der Waals surface area contributed by atoms with Crippen LogP contribution < -0.4 is 0 Å². The van der Waals surface area contributed by atoms with Crippen molar-refractivity contribution in [3.63, 3.8) is 0 Å². The van der Waals surface area contributed by atoms with Gasteiger partial charge in [-0.25, -0.2) is 0 Å². The van der Waals surface area contributed by atoms with Crippen LogP contribution in [0.15, 0.2) is 12.1 Å². The molecule has 1 aromatic rings. The Balaban J connectivity index is 2.26. The van der Waals surface area contributed by atoms with E-state index in [-0.39, 0.29) is 0 Å². The second-order valence-corrected chi connectivity index (χ2v) is 6.60. The monoisotopic (exact) mass is 294 g/mol. The Kier molecular flexibility index (Phi) is 4.30. The highest BCUT2D eigenvalue weighted by atomic mass is 79.9. The molecular formula is C16H23Br. The van der Waals surface area contributed by atoms with Crippen molar-refractivity contribution in [3.05, 3.63) is 34.4 Å². The van der Waals surface area contributed by atoms with Gasteiger partial charge in [-0.1, -0.05) is 52.9 Å². The summed E-state index contributed by atoms with van der Waals surface area (Å²) < 4.78 is 0. The van der Waals surface area contributed by atoms with Crippen LogP contribution in [0.4, 0.5) is 0 Å². The molecule has 0 aromatic heterocycles. The zero-order valence-electron chi connectivity index (χ0n) is 11.2. The van der Waals surface area contributed by atoms with Gasteiger partial charge in [-0.3, -0.25) is 0 Å². The third-order valence-corrected chi connectivity index (χ3v) is 5.28. The molecule has 1 aromatic carbocycles. The van der Waals surface area contributed by atoms with E-state index < -0.39 is 0 Å². The van der Waals surface area contributed by atoms with Crippen LogP contribution in [0.1, 0.15) is 59.2 Å². The van der Waals surface area contributed by atoms with Gasteiger partial charge in [-0.2, -0.15) is 0 Å². The fourth-order valence-electron chi connectivity index (χ4n) is 3.29. The Morgan fingerprint density at radius 2 is 1.53 bits per heavy atom. The quantitative estimate of drug-likeness (QED) is 0.620. The number of halogens is 1. The Morgan fingerprint density at radius 1 is 1.00 bits per heavy atom. The molecule has 0 radical (unpaired) electrons. The van der Waals surface area contributed by atoms with E-state index in [9.17, 15) is 0 Å². The number of hydrogen-bond donors (Lipinski definition) is 0. The summed E-state index contributed by atoms with van der Waals surface area (Å²) >= 11 is 3.97. The highest BCUT2D eigenvalue weighted by Crippen LogP contribution is 2.42. The van der Waals surface area contributed by atoms with Crippen molar-refractivity contribution in [1.29, 1.82) is 0 Å². The van der Waals surface area contributed by atoms with Crippen LogP contribution >= 0.6 is 15.9 Å². The third kappa shape index (κ3) is 2.93. The summed E-state index contributed by atoms with van der Waals surface area (Å²) in [6.07, 6.45) is 7.04. The van der Waals surface area contributed by atoms with E-state index in [2.05, 4.69) is 48.8 Å². The molecule has 1 saturated carbocycles. The summed E-state index contributed by atoms with van der Waals surface area (Å²) in [4.78, 5) is 0.559. The molecule has 2 rings (SSSR count). The zero-order chi connectivity index (χ0) is 12.4. The molecule has 1 fully saturated rings. The van der Waals surface area contributed by atoms with E-state index in [1.165, 1.54) is 48.8 Å². The first-order valence-electron chi connectivity index (χ1n) is 6.81. The summed E-state index contributed by atoms with van der Waals surface area (Å²) in [5.41, 5.74) is 5.83. The van der Waals surface area contributed by atoms with Crippen LogP contribution in [0.25, 0.3) is 0 Å². The average Bonchev–Trinajstić information content (AvgIpc) is 2.28. The Hall–Kier alpha value is -0.300. The van der Waals surface area contributed by atoms with E-state index in [4.69, 9.17) is 0 Å². The van der Waals surface area contributed by atoms with Crippen LogP contribution in [-0.4, -0.2) is 0 Å². The smallest absolute Gasteiger partial charge is 0.0428 e. The maximum absolute atomic E-state index is 3.97. The van der Waals surface area contributed by atoms with Crippen molar-refractivity contribution >= 4 is 15.9 Å². The molecule has 17 heavy (non-hydrogen) atoms. The maximum atomic E-state index is 3.97. The van der Waals surface area contributed by atoms with Gasteiger partial charge >= 0.3 is 0 Å². The minimum absolute atomic E-state index is 0.559. The van der Waals surface area contributed by atoms with Gasteiger partial charge in [-0.15, -0.1) is 0 Å². The molecule has 94 valence electrons. The Bertz CT molecular complexity index is 366. The second kappa shape index (κ2) is 5.56. The van der Waals surface area contributed by atoms with Gasteiger partial charge in [0.2, 0.25) is 0 Å². The van der Waals surface area contributed by atoms with Crippen molar-refractivity contribution in [3.8, 4) is 0 Å². The van der Waals surface area contributed by atoms with Crippen molar-refractivity contribution in [2.75, 3.05) is 0 Å². The molecule has 0 heterocycles. The Morgan fingerprint density at radius 3 is 2.06 bits per heavy atom. The van der Waals surface area contributed by atoms with Gasteiger partial charge in [0.25, 0.3) is 0 Å². The number of benzene rings is 1. The molecule has 0 N–H and O–H groups in total. The lowest BCUT2D eigenvalue weighted by atomic mass is 9.82. The summed E-state index contributed by atoms with van der Waals surface area (Å²) in [5, 5.41) is 0. The minimum atomic E-state index is 0.559. The van der Waals surface area contributed by atoms with Gasteiger partial charge < -0.3 is 0 Å². The number of hydrogen-bond acceptors (Lipinski definition) is 0. The second-order valence-electron chi connectivity index (χ2n) is 5.61. The highest BCUT2D eigenvalue weighted by molar-refractivity contribution is 9.09. The molecule has 1 unspecified atom stereocenters. The molecule has 0 aliphatic heterocycles. The number of alkyl halides is 1. The first kappa shape index (κ1) is 13.1. The van der Waals surface area contributed by atoms with E-state index in [1.807, 2.05) is 0 Å². The predicted octanol–water partition coefficient (Wildman–Crippen LogP) is 5.63. The topological polar surface area (TPSA) is 0 Å². The molecule has 1 aliphatic carbocycles. The summed E-state index contributed by atoms with van der Waals surface area (Å²) in [6.45, 7) is 6.70. The summed E-state index contributed by atoms with van der Waals surface area (Å²) in [5.74, 6) is 0.837. The molecule has 0 bridgehead atoms. The standard InChI is InChI=1S/C16H23Br/c1-11-9-12(2)15(13(3)10-11)16(17)14-7-5-4-6-8-14/h9-10,14,16H,4-8H2,1-3H3. The summed E-state index contributed by atoms with van der Waals surface area (Å²) in [6, 6.07) is 4.64. The minimum Gasteiger partial charge on any atom is -0.0836 e. The molecule has 0 saturated heterocycles. The number of aryl methyl sites for hydroxylation is 3. The van der Waals surface area contributed by atoms with Gasteiger partial charge in [0.05, 0.1) is 0 Å². The maximum Gasteiger partial charge on any atom is 0.0428 e. The van der Waals surface area contributed by atoms with E-state index in [0.717, 1.165) is 5.92 Å². The van der Waals surface area contributed by atoms with Crippen molar-refractivity contribution in [1.82, 2.24) is 0 Å². The lowest BCUT2D eigenvalue weighted by Crippen LogP contribution is -2.14. The normalized spacial score (nSPS) is 19.3. The van der Waals surface area contributed by atoms with Crippen molar-refractivity contribution in [2.24, 2.45) is 5.92 Å². The lowest BCUT2D eigenvalue weighted by molar-refractivity contribution is 0.354. The lowest BCUT2D eigenvalue weighted by Gasteiger charge is -2.29. The fraction of sp³-hybridized carbons (Fsp3) is 0.625. The van der Waals surface area contributed by atoms with Crippen LogP contribution in [-0.2, 0) is 0 Å². The largest absolute Gasteiger partial charge is 0.0836 e. The predicted molar refractivity (Wildman–Crippen MR) is 78.9 cm³/mol. The highest BCUT2D eigenvalue weighted by Gasteiger charge is 2.25. The zero-order valence-corrected chi connectivity index (χ0v) is 12.8. The van der Waals surface area contributed by atoms with Crippen LogP contribution in [0.5, 0.6) is 0 Å². The van der Waals surface area contributed by atoms with Gasteiger partial charge in [-0.05, 0) is 56.2 Å². The molecule has 0 amide bonds. The van der Waals surface area contributed by atoms with Crippen molar-refractivity contribution < 1.29 is 0 Å².